The molecule has 0 spiro atoms. The van der Waals surface area contributed by atoms with Gasteiger partial charge in [-0.3, -0.25) is 19.0 Å². The topological polar surface area (TPSA) is 93.5 Å². The molecule has 156 valence electrons. The normalized spacial score (nSPS) is 10.6. The predicted molar refractivity (Wildman–Crippen MR) is 115 cm³/mol. The third-order valence-electron chi connectivity index (χ3n) is 4.63. The molecule has 8 heteroatoms. The maximum absolute atomic E-state index is 12.6. The van der Waals surface area contributed by atoms with Crippen molar-refractivity contribution in [3.05, 3.63) is 64.7 Å². The first-order valence-corrected chi connectivity index (χ1v) is 9.53. The van der Waals surface area contributed by atoms with Gasteiger partial charge in [0.15, 0.2) is 6.61 Å². The molecule has 0 atom stereocenters. The predicted octanol–water partition coefficient (Wildman–Crippen LogP) is 2.20. The van der Waals surface area contributed by atoms with Crippen molar-refractivity contribution in [3.63, 3.8) is 0 Å². The number of aryl methyl sites for hydroxylation is 2. The van der Waals surface area contributed by atoms with Crippen LogP contribution in [-0.2, 0) is 16.1 Å². The van der Waals surface area contributed by atoms with Crippen molar-refractivity contribution in [2.45, 2.75) is 19.9 Å². The number of benzene rings is 2. The first kappa shape index (κ1) is 21.0. The first-order chi connectivity index (χ1) is 14.3. The van der Waals surface area contributed by atoms with Gasteiger partial charge in [-0.15, -0.1) is 0 Å². The first-order valence-electron chi connectivity index (χ1n) is 9.53. The van der Waals surface area contributed by atoms with E-state index in [1.165, 1.54) is 15.8 Å². The zero-order valence-electron chi connectivity index (χ0n) is 17.2. The average molecular weight is 408 g/mol. The molecule has 30 heavy (non-hydrogen) atoms. The van der Waals surface area contributed by atoms with E-state index in [0.717, 1.165) is 5.56 Å². The molecule has 1 N–H and O–H groups in total. The molecule has 2 aromatic carbocycles. The summed E-state index contributed by atoms with van der Waals surface area (Å²) in [6.45, 7) is 2.09. The van der Waals surface area contributed by atoms with Gasteiger partial charge in [0.25, 0.3) is 11.5 Å². The molecule has 3 rings (SSSR count). The van der Waals surface area contributed by atoms with Crippen LogP contribution >= 0.6 is 0 Å². The number of amides is 2. The van der Waals surface area contributed by atoms with Crippen molar-refractivity contribution in [1.82, 2.24) is 14.5 Å². The fraction of sp³-hybridized carbons (Fsp3) is 0.273. The van der Waals surface area contributed by atoms with Crippen LogP contribution < -0.4 is 15.6 Å². The molecule has 3 aromatic rings. The van der Waals surface area contributed by atoms with Crippen molar-refractivity contribution in [3.8, 4) is 5.75 Å². The second-order valence-corrected chi connectivity index (χ2v) is 7.11. The number of hydrogen-bond donors (Lipinski definition) is 1. The summed E-state index contributed by atoms with van der Waals surface area (Å²) in [4.78, 5) is 42.2. The van der Waals surface area contributed by atoms with Crippen LogP contribution in [0.5, 0.6) is 5.75 Å². The van der Waals surface area contributed by atoms with Gasteiger partial charge in [0.1, 0.15) is 5.75 Å². The zero-order chi connectivity index (χ0) is 21.7. The number of hydrogen-bond acceptors (Lipinski definition) is 5. The Balaban J connectivity index is 1.56. The summed E-state index contributed by atoms with van der Waals surface area (Å²) in [6, 6.07) is 12.2. The van der Waals surface area contributed by atoms with Crippen LogP contribution in [0.15, 0.2) is 53.6 Å². The molecule has 0 aliphatic carbocycles. The minimum atomic E-state index is -0.220. The Morgan fingerprint density at radius 3 is 2.57 bits per heavy atom. The van der Waals surface area contributed by atoms with Gasteiger partial charge in [-0.2, -0.15) is 0 Å². The van der Waals surface area contributed by atoms with Crippen LogP contribution in [0.25, 0.3) is 10.9 Å². The number of carbonyl (C=O) groups is 2. The zero-order valence-corrected chi connectivity index (χ0v) is 17.2. The lowest BCUT2D eigenvalue weighted by Crippen LogP contribution is -2.27. The molecule has 0 radical (unpaired) electrons. The molecule has 0 unspecified atom stereocenters. The number of carbonyl (C=O) groups excluding carboxylic acids is 2. The maximum atomic E-state index is 12.6. The molecule has 0 aliphatic rings. The standard InChI is InChI=1S/C22H24N4O4/c1-15-5-4-6-18-21(15)23-14-26(22(18)29)12-11-19(27)24-16-7-9-17(10-8-16)30-13-20(28)25(2)3/h4-10,14H,11-13H2,1-3H3,(H,24,27). The smallest absolute Gasteiger partial charge is 0.261 e. The summed E-state index contributed by atoms with van der Waals surface area (Å²) in [5.41, 5.74) is 2.06. The number of nitrogens with zero attached hydrogens (tertiary/aromatic N) is 3. The Labute approximate surface area is 174 Å². The average Bonchev–Trinajstić information content (AvgIpc) is 2.73. The second-order valence-electron chi connectivity index (χ2n) is 7.11. The number of aromatic nitrogens is 2. The molecule has 2 amide bonds. The van der Waals surface area contributed by atoms with Gasteiger partial charge in [-0.05, 0) is 42.8 Å². The van der Waals surface area contributed by atoms with Gasteiger partial charge in [-0.1, -0.05) is 12.1 Å². The highest BCUT2D eigenvalue weighted by atomic mass is 16.5. The van der Waals surface area contributed by atoms with Gasteiger partial charge in [-0.25, -0.2) is 4.98 Å². The summed E-state index contributed by atoms with van der Waals surface area (Å²) < 4.78 is 6.85. The summed E-state index contributed by atoms with van der Waals surface area (Å²) in [5.74, 6) is 0.177. The number of likely N-dealkylation sites (N-methyl/N-ethyl adjacent to an activating group) is 1. The fourth-order valence-corrected chi connectivity index (χ4v) is 2.85. The summed E-state index contributed by atoms with van der Waals surface area (Å²) >= 11 is 0. The molecule has 8 nitrogen and oxygen atoms in total. The Hall–Kier alpha value is -3.68. The molecule has 0 aliphatic heterocycles. The number of fused-ring (bicyclic) bond motifs is 1. The molecule has 1 aromatic heterocycles. The number of anilines is 1. The highest BCUT2D eigenvalue weighted by Crippen LogP contribution is 2.16. The number of nitrogens with one attached hydrogen (secondary N) is 1. The van der Waals surface area contributed by atoms with E-state index in [1.807, 2.05) is 19.1 Å². The number of para-hydroxylation sites is 1. The number of ether oxygens (including phenoxy) is 1. The van der Waals surface area contributed by atoms with Crippen molar-refractivity contribution in [1.29, 1.82) is 0 Å². The van der Waals surface area contributed by atoms with Gasteiger partial charge >= 0.3 is 0 Å². The summed E-state index contributed by atoms with van der Waals surface area (Å²) in [7, 11) is 3.32. The molecule has 0 bridgehead atoms. The molecule has 0 saturated heterocycles. The van der Waals surface area contributed by atoms with Crippen molar-refractivity contribution in [2.24, 2.45) is 0 Å². The van der Waals surface area contributed by atoms with E-state index in [2.05, 4.69) is 10.3 Å². The van der Waals surface area contributed by atoms with E-state index in [0.29, 0.717) is 22.3 Å². The molecular weight excluding hydrogens is 384 g/mol. The van der Waals surface area contributed by atoms with Crippen LogP contribution in [0, 0.1) is 6.92 Å². The quantitative estimate of drug-likeness (QED) is 0.647. The third kappa shape index (κ3) is 5.02. The van der Waals surface area contributed by atoms with E-state index in [1.54, 1.807) is 44.4 Å². The van der Waals surface area contributed by atoms with Crippen molar-refractivity contribution >= 4 is 28.4 Å². The van der Waals surface area contributed by atoms with E-state index >= 15 is 0 Å². The Morgan fingerprint density at radius 1 is 1.13 bits per heavy atom. The summed E-state index contributed by atoms with van der Waals surface area (Å²) in [6.07, 6.45) is 1.61. The molecule has 1 heterocycles. The second kappa shape index (κ2) is 9.21. The third-order valence-corrected chi connectivity index (χ3v) is 4.63. The van der Waals surface area contributed by atoms with Gasteiger partial charge < -0.3 is 15.0 Å². The highest BCUT2D eigenvalue weighted by molar-refractivity contribution is 5.90. The lowest BCUT2D eigenvalue weighted by atomic mass is 10.1. The Bertz CT molecular complexity index is 1120. The van der Waals surface area contributed by atoms with Crippen LogP contribution in [0.2, 0.25) is 0 Å². The SMILES string of the molecule is Cc1cccc2c(=O)n(CCC(=O)Nc3ccc(OCC(=O)N(C)C)cc3)cnc12. The largest absolute Gasteiger partial charge is 0.484 e. The van der Waals surface area contributed by atoms with Crippen LogP contribution in [-0.4, -0.2) is 47.0 Å². The van der Waals surface area contributed by atoms with E-state index < -0.39 is 0 Å². The Morgan fingerprint density at radius 2 is 1.87 bits per heavy atom. The lowest BCUT2D eigenvalue weighted by Gasteiger charge is -2.12. The Kier molecular flexibility index (Phi) is 6.46. The van der Waals surface area contributed by atoms with E-state index in [9.17, 15) is 14.4 Å². The minimum Gasteiger partial charge on any atom is -0.484 e. The van der Waals surface area contributed by atoms with Gasteiger partial charge in [0.2, 0.25) is 5.91 Å². The van der Waals surface area contributed by atoms with E-state index in [4.69, 9.17) is 4.74 Å². The minimum absolute atomic E-state index is 0.0488. The number of rotatable bonds is 7. The molecular formula is C22H24N4O4. The van der Waals surface area contributed by atoms with E-state index in [-0.39, 0.29) is 36.9 Å². The monoisotopic (exact) mass is 408 g/mol. The molecule has 0 fully saturated rings. The maximum Gasteiger partial charge on any atom is 0.261 e. The van der Waals surface area contributed by atoms with Crippen LogP contribution in [0.1, 0.15) is 12.0 Å². The summed E-state index contributed by atoms with van der Waals surface area (Å²) in [5, 5.41) is 3.33. The fourth-order valence-electron chi connectivity index (χ4n) is 2.85. The van der Waals surface area contributed by atoms with Crippen molar-refractivity contribution in [2.75, 3.05) is 26.0 Å². The van der Waals surface area contributed by atoms with Crippen LogP contribution in [0.4, 0.5) is 5.69 Å². The van der Waals surface area contributed by atoms with Gasteiger partial charge in [0.05, 0.1) is 17.2 Å². The molecule has 0 saturated carbocycles. The van der Waals surface area contributed by atoms with Crippen molar-refractivity contribution < 1.29 is 14.3 Å². The van der Waals surface area contributed by atoms with Gasteiger partial charge in [0, 0.05) is 32.7 Å². The van der Waals surface area contributed by atoms with Crippen LogP contribution in [0.3, 0.4) is 0 Å². The highest BCUT2D eigenvalue weighted by Gasteiger charge is 2.09. The lowest BCUT2D eigenvalue weighted by molar-refractivity contribution is -0.130.